The highest BCUT2D eigenvalue weighted by Crippen LogP contribution is 2.34. The van der Waals surface area contributed by atoms with Gasteiger partial charge in [0.05, 0.1) is 25.4 Å². The van der Waals surface area contributed by atoms with Gasteiger partial charge in [-0.1, -0.05) is 6.92 Å². The molecule has 0 spiro atoms. The number of hydrogen-bond donors (Lipinski definition) is 1. The molecule has 2 aromatic heterocycles. The van der Waals surface area contributed by atoms with Crippen LogP contribution in [-0.2, 0) is 0 Å². The number of imidazole rings is 1. The lowest BCUT2D eigenvalue weighted by atomic mass is 10.0. The third kappa shape index (κ3) is 3.92. The van der Waals surface area contributed by atoms with Crippen LogP contribution in [0.4, 0.5) is 0 Å². The third-order valence-corrected chi connectivity index (χ3v) is 5.56. The molecule has 0 bridgehead atoms. The van der Waals surface area contributed by atoms with Crippen LogP contribution in [-0.4, -0.2) is 40.2 Å². The first-order chi connectivity index (χ1) is 13.8. The molecular weight excluding hydrogens is 370 g/mol. The number of fused-ring (bicyclic) bond motifs is 2. The first-order valence-corrected chi connectivity index (χ1v) is 10.6. The summed E-state index contributed by atoms with van der Waals surface area (Å²) in [5.41, 5.74) is 2.78. The van der Waals surface area contributed by atoms with Crippen molar-refractivity contribution in [1.29, 1.82) is 0 Å². The van der Waals surface area contributed by atoms with E-state index < -0.39 is 0 Å². The topological polar surface area (TPSA) is 60.0 Å². The molecule has 4 aromatic rings. The molecule has 0 atom stereocenters. The van der Waals surface area contributed by atoms with Crippen molar-refractivity contribution in [2.75, 3.05) is 25.2 Å². The van der Waals surface area contributed by atoms with Crippen molar-refractivity contribution in [3.8, 4) is 22.9 Å². The molecule has 0 aliphatic carbocycles. The van der Waals surface area contributed by atoms with Crippen LogP contribution in [0.25, 0.3) is 33.2 Å². The van der Waals surface area contributed by atoms with Gasteiger partial charge in [-0.05, 0) is 59.7 Å². The van der Waals surface area contributed by atoms with E-state index in [-0.39, 0.29) is 0 Å². The lowest BCUT2D eigenvalue weighted by molar-refractivity contribution is 0.319. The fourth-order valence-corrected chi connectivity index (χ4v) is 3.81. The molecule has 2 heterocycles. The molecule has 0 unspecified atom stereocenters. The fourth-order valence-electron chi connectivity index (χ4n) is 3.20. The Hall–Kier alpha value is -2.73. The van der Waals surface area contributed by atoms with Crippen LogP contribution in [0.2, 0.25) is 0 Å². The Morgan fingerprint density at radius 1 is 1.14 bits per heavy atom. The second-order valence-electron chi connectivity index (χ2n) is 6.44. The van der Waals surface area contributed by atoms with Crippen LogP contribution in [0.5, 0.6) is 11.5 Å². The van der Waals surface area contributed by atoms with Crippen LogP contribution in [0.3, 0.4) is 0 Å². The molecule has 0 saturated carbocycles. The molecule has 144 valence electrons. The maximum atomic E-state index is 5.94. The van der Waals surface area contributed by atoms with Crippen LogP contribution in [0.15, 0.2) is 48.8 Å². The standard InChI is InChI=1S/C22H23N3O2S/c1-3-28-10-4-9-27-17-5-6-18-15(12-17)11-16(13-21(18)26-2)22-24-19-7-8-23-14-20(19)25-22/h5-8,11-14H,3-4,9-10H2,1-2H3,(H,24,25). The van der Waals surface area contributed by atoms with Gasteiger partial charge in [-0.15, -0.1) is 0 Å². The molecule has 2 aromatic carbocycles. The summed E-state index contributed by atoms with van der Waals surface area (Å²) in [6.45, 7) is 2.91. The highest BCUT2D eigenvalue weighted by molar-refractivity contribution is 7.99. The minimum absolute atomic E-state index is 0.728. The number of H-pyrrole nitrogens is 1. The number of aromatic amines is 1. The third-order valence-electron chi connectivity index (χ3n) is 4.57. The van der Waals surface area contributed by atoms with E-state index in [9.17, 15) is 0 Å². The fraction of sp³-hybridized carbons (Fsp3) is 0.273. The summed E-state index contributed by atoms with van der Waals surface area (Å²) >= 11 is 1.94. The molecule has 0 aliphatic heterocycles. The Labute approximate surface area is 168 Å². The van der Waals surface area contributed by atoms with Gasteiger partial charge in [-0.2, -0.15) is 11.8 Å². The zero-order valence-corrected chi connectivity index (χ0v) is 16.9. The highest BCUT2D eigenvalue weighted by Gasteiger charge is 2.11. The maximum Gasteiger partial charge on any atom is 0.138 e. The monoisotopic (exact) mass is 393 g/mol. The number of nitrogens with zero attached hydrogens (tertiary/aromatic N) is 2. The quantitative estimate of drug-likeness (QED) is 0.411. The Morgan fingerprint density at radius 3 is 2.89 bits per heavy atom. The van der Waals surface area contributed by atoms with Crippen LogP contribution >= 0.6 is 11.8 Å². The van der Waals surface area contributed by atoms with Crippen molar-refractivity contribution in [1.82, 2.24) is 15.0 Å². The Kier molecular flexibility index (Phi) is 5.67. The van der Waals surface area contributed by atoms with Crippen molar-refractivity contribution in [3.63, 3.8) is 0 Å². The van der Waals surface area contributed by atoms with Gasteiger partial charge in [0.25, 0.3) is 0 Å². The molecule has 5 nitrogen and oxygen atoms in total. The summed E-state index contributed by atoms with van der Waals surface area (Å²) in [5, 5.41) is 2.12. The SMILES string of the molecule is CCSCCCOc1ccc2c(OC)cc(-c3nc4cnccc4[nH]3)cc2c1. The van der Waals surface area contributed by atoms with Crippen molar-refractivity contribution in [2.45, 2.75) is 13.3 Å². The molecule has 0 amide bonds. The van der Waals surface area contributed by atoms with Crippen LogP contribution in [0.1, 0.15) is 13.3 Å². The summed E-state index contributed by atoms with van der Waals surface area (Å²) in [6.07, 6.45) is 4.57. The molecule has 6 heteroatoms. The van der Waals surface area contributed by atoms with Crippen molar-refractivity contribution >= 4 is 33.6 Å². The average Bonchev–Trinajstić information content (AvgIpc) is 3.17. The van der Waals surface area contributed by atoms with Gasteiger partial charge in [0.2, 0.25) is 0 Å². The molecule has 0 saturated heterocycles. The number of ether oxygens (including phenoxy) is 2. The van der Waals surface area contributed by atoms with Crippen molar-refractivity contribution in [2.24, 2.45) is 0 Å². The number of rotatable bonds is 8. The summed E-state index contributed by atoms with van der Waals surface area (Å²) in [7, 11) is 1.69. The Bertz CT molecular complexity index is 1060. The molecule has 28 heavy (non-hydrogen) atoms. The van der Waals surface area contributed by atoms with E-state index >= 15 is 0 Å². The minimum atomic E-state index is 0.728. The lowest BCUT2D eigenvalue weighted by Crippen LogP contribution is -1.99. The zero-order valence-electron chi connectivity index (χ0n) is 16.1. The number of nitrogens with one attached hydrogen (secondary N) is 1. The maximum absolute atomic E-state index is 5.94. The summed E-state index contributed by atoms with van der Waals surface area (Å²) in [6, 6.07) is 12.2. The smallest absolute Gasteiger partial charge is 0.138 e. The number of benzene rings is 2. The average molecular weight is 394 g/mol. The zero-order chi connectivity index (χ0) is 19.3. The molecule has 0 aliphatic rings. The molecule has 4 rings (SSSR count). The van der Waals surface area contributed by atoms with E-state index in [4.69, 9.17) is 9.47 Å². The van der Waals surface area contributed by atoms with Gasteiger partial charge in [-0.3, -0.25) is 4.98 Å². The van der Waals surface area contributed by atoms with Gasteiger partial charge in [0.1, 0.15) is 22.8 Å². The Morgan fingerprint density at radius 2 is 2.07 bits per heavy atom. The second kappa shape index (κ2) is 8.52. The van der Waals surface area contributed by atoms with Gasteiger partial charge >= 0.3 is 0 Å². The lowest BCUT2D eigenvalue weighted by Gasteiger charge is -2.11. The Balaban J connectivity index is 1.65. The largest absolute Gasteiger partial charge is 0.496 e. The normalized spacial score (nSPS) is 11.2. The van der Waals surface area contributed by atoms with Gasteiger partial charge < -0.3 is 14.5 Å². The van der Waals surface area contributed by atoms with Gasteiger partial charge in [0, 0.05) is 17.1 Å². The van der Waals surface area contributed by atoms with Crippen molar-refractivity contribution < 1.29 is 9.47 Å². The highest BCUT2D eigenvalue weighted by atomic mass is 32.2. The second-order valence-corrected chi connectivity index (χ2v) is 7.83. The van der Waals surface area contributed by atoms with Crippen molar-refractivity contribution in [3.05, 3.63) is 48.8 Å². The molecular formula is C22H23N3O2S. The predicted octanol–water partition coefficient (Wildman–Crippen LogP) is 5.31. The number of pyridine rings is 1. The minimum Gasteiger partial charge on any atom is -0.496 e. The first-order valence-electron chi connectivity index (χ1n) is 9.41. The van der Waals surface area contributed by atoms with E-state index in [1.54, 1.807) is 19.5 Å². The molecule has 1 N–H and O–H groups in total. The number of hydrogen-bond acceptors (Lipinski definition) is 5. The van der Waals surface area contributed by atoms with E-state index in [1.165, 1.54) is 0 Å². The summed E-state index contributed by atoms with van der Waals surface area (Å²) in [4.78, 5) is 12.2. The number of methoxy groups -OCH3 is 1. The van der Waals surface area contributed by atoms with E-state index in [0.29, 0.717) is 0 Å². The van der Waals surface area contributed by atoms with Crippen LogP contribution in [0, 0.1) is 0 Å². The molecule has 0 fully saturated rings. The van der Waals surface area contributed by atoms with E-state index in [0.717, 1.165) is 69.2 Å². The predicted molar refractivity (Wildman–Crippen MR) is 116 cm³/mol. The van der Waals surface area contributed by atoms with Crippen LogP contribution < -0.4 is 9.47 Å². The molecule has 0 radical (unpaired) electrons. The van der Waals surface area contributed by atoms with E-state index in [1.807, 2.05) is 30.0 Å². The summed E-state index contributed by atoms with van der Waals surface area (Å²) in [5.74, 6) is 4.77. The first kappa shape index (κ1) is 18.6. The number of thioether (sulfide) groups is 1. The van der Waals surface area contributed by atoms with Gasteiger partial charge in [-0.25, -0.2) is 4.98 Å². The van der Waals surface area contributed by atoms with E-state index in [2.05, 4.69) is 40.1 Å². The summed E-state index contributed by atoms with van der Waals surface area (Å²) < 4.78 is 11.6. The number of aromatic nitrogens is 3. The van der Waals surface area contributed by atoms with Gasteiger partial charge in [0.15, 0.2) is 0 Å².